The number of aromatic hydroxyl groups is 1. The van der Waals surface area contributed by atoms with E-state index in [0.29, 0.717) is 13.2 Å². The first-order valence-electron chi connectivity index (χ1n) is 4.42. The van der Waals surface area contributed by atoms with Crippen molar-refractivity contribution in [2.24, 2.45) is 0 Å². The smallest absolute Gasteiger partial charge is 0.414 e. The average molecular weight is 193 g/mol. The van der Waals surface area contributed by atoms with Crippen molar-refractivity contribution < 1.29 is 14.6 Å². The van der Waals surface area contributed by atoms with Gasteiger partial charge in [0.05, 0.1) is 6.54 Å². The molecule has 1 fully saturated rings. The summed E-state index contributed by atoms with van der Waals surface area (Å²) in [6.07, 6.45) is -0.324. The lowest BCUT2D eigenvalue weighted by molar-refractivity contribution is 0.181. The van der Waals surface area contributed by atoms with E-state index in [1.165, 1.54) is 0 Å². The van der Waals surface area contributed by atoms with E-state index in [0.717, 1.165) is 11.3 Å². The summed E-state index contributed by atoms with van der Waals surface area (Å²) in [6, 6.07) is 5.05. The molecular weight excluding hydrogens is 182 g/mol. The fourth-order valence-electron chi connectivity index (χ4n) is 1.44. The minimum Gasteiger partial charge on any atom is -0.508 e. The second-order valence-electron chi connectivity index (χ2n) is 3.24. The van der Waals surface area contributed by atoms with E-state index in [2.05, 4.69) is 0 Å². The number of hydrogen-bond acceptors (Lipinski definition) is 3. The van der Waals surface area contributed by atoms with E-state index in [-0.39, 0.29) is 11.8 Å². The fourth-order valence-corrected chi connectivity index (χ4v) is 1.44. The van der Waals surface area contributed by atoms with Gasteiger partial charge in [-0.15, -0.1) is 0 Å². The molecule has 0 radical (unpaired) electrons. The Kier molecular flexibility index (Phi) is 2.04. The van der Waals surface area contributed by atoms with Crippen molar-refractivity contribution in [1.82, 2.24) is 0 Å². The molecule has 4 heteroatoms. The zero-order valence-electron chi connectivity index (χ0n) is 7.86. The molecule has 1 heterocycles. The van der Waals surface area contributed by atoms with Crippen molar-refractivity contribution in [1.29, 1.82) is 0 Å². The highest BCUT2D eigenvalue weighted by Gasteiger charge is 2.23. The molecule has 0 spiro atoms. The molecule has 1 aromatic rings. The van der Waals surface area contributed by atoms with Crippen LogP contribution in [0.3, 0.4) is 0 Å². The van der Waals surface area contributed by atoms with Crippen LogP contribution in [0.15, 0.2) is 18.2 Å². The lowest BCUT2D eigenvalue weighted by Gasteiger charge is -2.13. The highest BCUT2D eigenvalue weighted by atomic mass is 16.6. The van der Waals surface area contributed by atoms with Gasteiger partial charge in [0.1, 0.15) is 12.4 Å². The summed E-state index contributed by atoms with van der Waals surface area (Å²) in [7, 11) is 0. The molecular formula is C10H11NO3. The predicted molar refractivity (Wildman–Crippen MR) is 51.5 cm³/mol. The molecule has 0 unspecified atom stereocenters. The largest absolute Gasteiger partial charge is 0.508 e. The van der Waals surface area contributed by atoms with Gasteiger partial charge in [0.15, 0.2) is 0 Å². The van der Waals surface area contributed by atoms with Gasteiger partial charge >= 0.3 is 6.09 Å². The molecule has 1 N–H and O–H groups in total. The van der Waals surface area contributed by atoms with Crippen molar-refractivity contribution in [2.75, 3.05) is 18.1 Å². The molecule has 0 aliphatic carbocycles. The van der Waals surface area contributed by atoms with Crippen LogP contribution in [0.5, 0.6) is 5.75 Å². The highest BCUT2D eigenvalue weighted by molar-refractivity contribution is 5.89. The maximum atomic E-state index is 11.2. The molecule has 1 aliphatic heterocycles. The van der Waals surface area contributed by atoms with Crippen LogP contribution < -0.4 is 4.90 Å². The number of carbonyl (C=O) groups is 1. The Morgan fingerprint density at radius 3 is 2.86 bits per heavy atom. The second kappa shape index (κ2) is 3.21. The van der Waals surface area contributed by atoms with E-state index in [1.807, 2.05) is 0 Å². The Bertz CT molecular complexity index is 376. The number of rotatable bonds is 1. The van der Waals surface area contributed by atoms with Crippen molar-refractivity contribution in [3.8, 4) is 5.75 Å². The second-order valence-corrected chi connectivity index (χ2v) is 3.24. The summed E-state index contributed by atoms with van der Waals surface area (Å²) in [4.78, 5) is 12.8. The van der Waals surface area contributed by atoms with Gasteiger partial charge in [0, 0.05) is 5.69 Å². The minimum atomic E-state index is -0.324. The van der Waals surface area contributed by atoms with Crippen LogP contribution in [0.2, 0.25) is 0 Å². The first-order valence-corrected chi connectivity index (χ1v) is 4.42. The Labute approximate surface area is 81.7 Å². The highest BCUT2D eigenvalue weighted by Crippen LogP contribution is 2.24. The minimum absolute atomic E-state index is 0.237. The molecule has 1 amide bonds. The summed E-state index contributed by atoms with van der Waals surface area (Å²) >= 11 is 0. The number of benzene rings is 1. The summed E-state index contributed by atoms with van der Waals surface area (Å²) in [5.74, 6) is 0.237. The number of nitrogens with zero attached hydrogens (tertiary/aromatic N) is 1. The van der Waals surface area contributed by atoms with Crippen molar-refractivity contribution in [3.05, 3.63) is 23.8 Å². The topological polar surface area (TPSA) is 49.8 Å². The molecule has 0 aromatic heterocycles. The number of amides is 1. The number of aryl methyl sites for hydroxylation is 1. The molecule has 1 saturated heterocycles. The third-order valence-corrected chi connectivity index (χ3v) is 2.25. The summed E-state index contributed by atoms with van der Waals surface area (Å²) in [5.41, 5.74) is 1.52. The monoisotopic (exact) mass is 193 g/mol. The van der Waals surface area contributed by atoms with Crippen molar-refractivity contribution in [2.45, 2.75) is 6.92 Å². The van der Waals surface area contributed by atoms with Gasteiger partial charge in [0.25, 0.3) is 0 Å². The molecule has 0 bridgehead atoms. The van der Waals surface area contributed by atoms with Crippen LogP contribution in [0, 0.1) is 6.92 Å². The summed E-state index contributed by atoms with van der Waals surface area (Å²) in [5, 5.41) is 9.32. The third kappa shape index (κ3) is 1.39. The van der Waals surface area contributed by atoms with Gasteiger partial charge in [-0.1, -0.05) is 0 Å². The van der Waals surface area contributed by atoms with Crippen molar-refractivity contribution >= 4 is 11.8 Å². The van der Waals surface area contributed by atoms with Gasteiger partial charge in [-0.3, -0.25) is 4.90 Å². The molecule has 0 saturated carbocycles. The standard InChI is InChI=1S/C10H11NO3/c1-7-6-8(2-3-9(7)12)11-4-5-14-10(11)13/h2-3,6,12H,4-5H2,1H3. The van der Waals surface area contributed by atoms with E-state index >= 15 is 0 Å². The Morgan fingerprint density at radius 1 is 1.50 bits per heavy atom. The maximum absolute atomic E-state index is 11.2. The molecule has 1 aromatic carbocycles. The van der Waals surface area contributed by atoms with Crippen LogP contribution >= 0.6 is 0 Å². The molecule has 0 atom stereocenters. The van der Waals surface area contributed by atoms with Gasteiger partial charge in [-0.2, -0.15) is 0 Å². The van der Waals surface area contributed by atoms with Gasteiger partial charge < -0.3 is 9.84 Å². The first-order chi connectivity index (χ1) is 6.68. The predicted octanol–water partition coefficient (Wildman–Crippen LogP) is 1.66. The lowest BCUT2D eigenvalue weighted by atomic mass is 10.2. The number of carbonyl (C=O) groups excluding carboxylic acids is 1. The van der Waals surface area contributed by atoms with E-state index in [4.69, 9.17) is 4.74 Å². The van der Waals surface area contributed by atoms with Crippen LogP contribution in [-0.4, -0.2) is 24.4 Å². The normalized spacial score (nSPS) is 15.8. The van der Waals surface area contributed by atoms with Gasteiger partial charge in [-0.25, -0.2) is 4.79 Å². The quantitative estimate of drug-likeness (QED) is 0.737. The number of cyclic esters (lactones) is 1. The van der Waals surface area contributed by atoms with E-state index in [1.54, 1.807) is 30.0 Å². The molecule has 14 heavy (non-hydrogen) atoms. The Hall–Kier alpha value is -1.71. The zero-order valence-corrected chi connectivity index (χ0v) is 7.86. The zero-order chi connectivity index (χ0) is 10.1. The number of phenols is 1. The first kappa shape index (κ1) is 8.87. The number of hydrogen-bond donors (Lipinski definition) is 1. The molecule has 4 nitrogen and oxygen atoms in total. The average Bonchev–Trinajstić information content (AvgIpc) is 2.57. The fraction of sp³-hybridized carbons (Fsp3) is 0.300. The van der Waals surface area contributed by atoms with Crippen LogP contribution in [0.25, 0.3) is 0 Å². The third-order valence-electron chi connectivity index (χ3n) is 2.25. The SMILES string of the molecule is Cc1cc(N2CCOC2=O)ccc1O. The van der Waals surface area contributed by atoms with E-state index < -0.39 is 0 Å². The van der Waals surface area contributed by atoms with Crippen LogP contribution in [-0.2, 0) is 4.74 Å². The van der Waals surface area contributed by atoms with Crippen molar-refractivity contribution in [3.63, 3.8) is 0 Å². The van der Waals surface area contributed by atoms with Gasteiger partial charge in [-0.05, 0) is 30.7 Å². The molecule has 74 valence electrons. The Morgan fingerprint density at radius 2 is 2.29 bits per heavy atom. The maximum Gasteiger partial charge on any atom is 0.414 e. The summed E-state index contributed by atoms with van der Waals surface area (Å²) in [6.45, 7) is 2.79. The van der Waals surface area contributed by atoms with Crippen LogP contribution in [0.4, 0.5) is 10.5 Å². The lowest BCUT2D eigenvalue weighted by Crippen LogP contribution is -2.23. The number of phenolic OH excluding ortho intramolecular Hbond substituents is 1. The number of ether oxygens (including phenoxy) is 1. The van der Waals surface area contributed by atoms with E-state index in [9.17, 15) is 9.90 Å². The Balaban J connectivity index is 2.32. The molecule has 1 aliphatic rings. The summed E-state index contributed by atoms with van der Waals surface area (Å²) < 4.78 is 4.81. The number of anilines is 1. The van der Waals surface area contributed by atoms with Crippen LogP contribution in [0.1, 0.15) is 5.56 Å². The van der Waals surface area contributed by atoms with Gasteiger partial charge in [0.2, 0.25) is 0 Å². The molecule has 2 rings (SSSR count).